The molecule has 0 radical (unpaired) electrons. The molecule has 4 fully saturated rings. The Hall–Kier alpha value is -1.59. The van der Waals surface area contributed by atoms with Crippen LogP contribution in [0.25, 0.3) is 10.4 Å². The Morgan fingerprint density at radius 2 is 1.90 bits per heavy atom. The van der Waals surface area contributed by atoms with E-state index in [-0.39, 0.29) is 35.5 Å². The van der Waals surface area contributed by atoms with Gasteiger partial charge in [0, 0.05) is 15.7 Å². The number of methoxy groups -OCH3 is 1. The summed E-state index contributed by atoms with van der Waals surface area (Å²) in [6, 6.07) is 0. The minimum atomic E-state index is -1.59. The van der Waals surface area contributed by atoms with E-state index in [1.807, 2.05) is 13.8 Å². The van der Waals surface area contributed by atoms with Crippen molar-refractivity contribution in [1.82, 2.24) is 0 Å². The maximum absolute atomic E-state index is 13.8. The molecule has 0 aromatic heterocycles. The molecule has 0 heterocycles. The largest absolute Gasteiger partial charge is 0.469 e. The number of ketones is 1. The van der Waals surface area contributed by atoms with E-state index in [0.29, 0.717) is 12.8 Å². The van der Waals surface area contributed by atoms with E-state index in [0.717, 1.165) is 38.5 Å². The third kappa shape index (κ3) is 2.32. The van der Waals surface area contributed by atoms with Gasteiger partial charge in [-0.2, -0.15) is 0 Å². The van der Waals surface area contributed by atoms with Crippen molar-refractivity contribution in [3.05, 3.63) is 10.4 Å². The van der Waals surface area contributed by atoms with Crippen LogP contribution in [0.5, 0.6) is 0 Å². The molecule has 160 valence electrons. The van der Waals surface area contributed by atoms with E-state index < -0.39 is 21.8 Å². The van der Waals surface area contributed by atoms with E-state index >= 15 is 0 Å². The van der Waals surface area contributed by atoms with Gasteiger partial charge < -0.3 is 9.84 Å². The highest BCUT2D eigenvalue weighted by Gasteiger charge is 2.75. The fraction of sp³-hybridized carbons (Fsp3) is 0.909. The first kappa shape index (κ1) is 20.7. The van der Waals surface area contributed by atoms with Gasteiger partial charge >= 0.3 is 5.97 Å². The van der Waals surface area contributed by atoms with E-state index in [9.17, 15) is 14.7 Å². The van der Waals surface area contributed by atoms with Crippen LogP contribution in [0.2, 0.25) is 0 Å². The quantitative estimate of drug-likeness (QED) is 0.329. The third-order valence-electron chi connectivity index (χ3n) is 9.85. The van der Waals surface area contributed by atoms with Crippen molar-refractivity contribution in [3.8, 4) is 0 Å². The molecule has 2 bridgehead atoms. The summed E-state index contributed by atoms with van der Waals surface area (Å²) in [4.78, 5) is 29.4. The fourth-order valence-corrected chi connectivity index (χ4v) is 8.52. The summed E-state index contributed by atoms with van der Waals surface area (Å²) in [5.74, 6) is 0.0588. The minimum absolute atomic E-state index is 0.118. The number of hydrogen-bond donors (Lipinski definition) is 1. The number of carbonyl (C=O) groups is 2. The highest BCUT2D eigenvalue weighted by atomic mass is 16.5. The number of rotatable bonds is 3. The molecule has 7 heteroatoms. The molecule has 4 saturated carbocycles. The van der Waals surface area contributed by atoms with Crippen molar-refractivity contribution >= 4 is 11.8 Å². The van der Waals surface area contributed by atoms with Crippen molar-refractivity contribution in [2.45, 2.75) is 77.7 Å². The molecular formula is C22H33N3O4. The zero-order valence-corrected chi connectivity index (χ0v) is 18.0. The lowest BCUT2D eigenvalue weighted by Crippen LogP contribution is -2.60. The van der Waals surface area contributed by atoms with Crippen LogP contribution in [0, 0.1) is 33.5 Å². The number of fused-ring (bicyclic) bond motifs is 3. The SMILES string of the molecule is COC(=O)[C@]1(C)CCC[C@@]2(C)[C@@H]3CC[C@@]4(C)C[C@]3(CC[C@@H]21)C(=O)C4(O)CN=[N+]=[N-]. The molecule has 1 spiro atoms. The molecule has 0 aliphatic heterocycles. The van der Waals surface area contributed by atoms with Gasteiger partial charge in [0.25, 0.3) is 0 Å². The van der Waals surface area contributed by atoms with Gasteiger partial charge in [-0.15, -0.1) is 0 Å². The summed E-state index contributed by atoms with van der Waals surface area (Å²) in [7, 11) is 1.46. The average molecular weight is 404 g/mol. The summed E-state index contributed by atoms with van der Waals surface area (Å²) in [6.07, 6.45) is 6.50. The molecule has 7 atom stereocenters. The molecule has 29 heavy (non-hydrogen) atoms. The number of esters is 1. The number of aliphatic hydroxyl groups is 1. The lowest BCUT2D eigenvalue weighted by molar-refractivity contribution is -0.186. The Morgan fingerprint density at radius 1 is 1.21 bits per heavy atom. The second-order valence-electron chi connectivity index (χ2n) is 10.9. The van der Waals surface area contributed by atoms with Crippen LogP contribution in [-0.4, -0.2) is 36.1 Å². The number of carbonyl (C=O) groups excluding carboxylic acids is 2. The van der Waals surface area contributed by atoms with Crippen molar-refractivity contribution in [2.75, 3.05) is 13.7 Å². The molecule has 0 aromatic rings. The predicted molar refractivity (Wildman–Crippen MR) is 107 cm³/mol. The Labute approximate surface area is 172 Å². The van der Waals surface area contributed by atoms with Gasteiger partial charge in [0.1, 0.15) is 5.60 Å². The lowest BCUT2D eigenvalue weighted by Gasteiger charge is -2.63. The van der Waals surface area contributed by atoms with Gasteiger partial charge in [-0.3, -0.25) is 9.59 Å². The number of ether oxygens (including phenoxy) is 1. The first-order valence-electron chi connectivity index (χ1n) is 10.9. The summed E-state index contributed by atoms with van der Waals surface area (Å²) in [5, 5.41) is 15.1. The average Bonchev–Trinajstić information content (AvgIpc) is 2.80. The van der Waals surface area contributed by atoms with Crippen molar-refractivity contribution < 1.29 is 19.4 Å². The normalized spacial score (nSPS) is 50.9. The first-order chi connectivity index (χ1) is 13.5. The Balaban J connectivity index is 1.78. The van der Waals surface area contributed by atoms with Crippen LogP contribution in [0.3, 0.4) is 0 Å². The van der Waals surface area contributed by atoms with Gasteiger partial charge in [0.05, 0.1) is 19.1 Å². The fourth-order valence-electron chi connectivity index (χ4n) is 8.52. The topological polar surface area (TPSA) is 112 Å². The van der Waals surface area contributed by atoms with E-state index in [1.54, 1.807) is 0 Å². The second kappa shape index (κ2) is 6.21. The van der Waals surface area contributed by atoms with Crippen LogP contribution in [-0.2, 0) is 14.3 Å². The molecule has 0 saturated heterocycles. The summed E-state index contributed by atoms with van der Waals surface area (Å²) in [5.41, 5.74) is 5.42. The van der Waals surface area contributed by atoms with Gasteiger partial charge in [-0.05, 0) is 74.7 Å². The molecule has 0 amide bonds. The van der Waals surface area contributed by atoms with Crippen molar-refractivity contribution in [3.63, 3.8) is 0 Å². The highest BCUT2D eigenvalue weighted by molar-refractivity contribution is 5.97. The van der Waals surface area contributed by atoms with Crippen molar-refractivity contribution in [2.24, 2.45) is 38.6 Å². The van der Waals surface area contributed by atoms with Gasteiger partial charge in [-0.1, -0.05) is 25.4 Å². The third-order valence-corrected chi connectivity index (χ3v) is 9.85. The zero-order valence-electron chi connectivity index (χ0n) is 18.0. The van der Waals surface area contributed by atoms with Crippen LogP contribution < -0.4 is 0 Å². The Bertz CT molecular complexity index is 810. The molecular weight excluding hydrogens is 370 g/mol. The van der Waals surface area contributed by atoms with Crippen LogP contribution in [0.15, 0.2) is 5.11 Å². The summed E-state index contributed by atoms with van der Waals surface area (Å²) >= 11 is 0. The van der Waals surface area contributed by atoms with Crippen LogP contribution >= 0.6 is 0 Å². The van der Waals surface area contributed by atoms with Crippen LogP contribution in [0.4, 0.5) is 0 Å². The van der Waals surface area contributed by atoms with Crippen LogP contribution in [0.1, 0.15) is 72.1 Å². The Kier molecular flexibility index (Phi) is 4.43. The molecule has 1 unspecified atom stereocenters. The molecule has 0 aromatic carbocycles. The van der Waals surface area contributed by atoms with Crippen molar-refractivity contribution in [1.29, 1.82) is 0 Å². The standard InChI is InChI=1S/C22H33N3O4/c1-18-10-6-15-19(2)8-5-9-20(3,17(27)29-4)14(19)7-11-21(15,12-18)16(26)22(18,28)13-24-25-23/h14-15,28H,5-13H2,1-4H3/t14-,15-,18-,19+,20+,21-,22?/m0/s1. The summed E-state index contributed by atoms with van der Waals surface area (Å²) < 4.78 is 5.20. The molecule has 7 nitrogen and oxygen atoms in total. The highest BCUT2D eigenvalue weighted by Crippen LogP contribution is 2.74. The van der Waals surface area contributed by atoms with E-state index in [1.165, 1.54) is 7.11 Å². The van der Waals surface area contributed by atoms with Gasteiger partial charge in [0.15, 0.2) is 5.78 Å². The number of hydrogen-bond acceptors (Lipinski definition) is 5. The molecule has 4 aliphatic carbocycles. The van der Waals surface area contributed by atoms with E-state index in [2.05, 4.69) is 16.9 Å². The predicted octanol–water partition coefficient (Wildman–Crippen LogP) is 4.18. The van der Waals surface area contributed by atoms with Gasteiger partial charge in [-0.25, -0.2) is 0 Å². The molecule has 1 N–H and O–H groups in total. The number of Topliss-reactive ketones (excluding diaryl/α,β-unsaturated/α-hetero) is 1. The summed E-state index contributed by atoms with van der Waals surface area (Å²) in [6.45, 7) is 6.11. The first-order valence-corrected chi connectivity index (χ1v) is 10.9. The van der Waals surface area contributed by atoms with E-state index in [4.69, 9.17) is 10.3 Å². The molecule has 4 rings (SSSR count). The minimum Gasteiger partial charge on any atom is -0.469 e. The number of azide groups is 1. The molecule has 4 aliphatic rings. The lowest BCUT2D eigenvalue weighted by atomic mass is 9.40. The maximum atomic E-state index is 13.8. The monoisotopic (exact) mass is 403 g/mol. The number of nitrogens with zero attached hydrogens (tertiary/aromatic N) is 3. The second-order valence-corrected chi connectivity index (χ2v) is 10.9. The smallest absolute Gasteiger partial charge is 0.311 e. The Morgan fingerprint density at radius 3 is 2.55 bits per heavy atom. The van der Waals surface area contributed by atoms with Gasteiger partial charge in [0.2, 0.25) is 0 Å². The zero-order chi connectivity index (χ0) is 21.3. The maximum Gasteiger partial charge on any atom is 0.311 e.